The van der Waals surface area contributed by atoms with Gasteiger partial charge >= 0.3 is 0 Å². The highest BCUT2D eigenvalue weighted by Gasteiger charge is 1.71. The second-order valence-electron chi connectivity index (χ2n) is 1.04. The summed E-state index contributed by atoms with van der Waals surface area (Å²) in [5, 5.41) is 0. The lowest BCUT2D eigenvalue weighted by atomic mass is 11.0. The maximum Gasteiger partial charge on any atom is 0.0194 e. The molecule has 0 aliphatic heterocycles. The van der Waals surface area contributed by atoms with Crippen LogP contribution >= 0.6 is 11.6 Å². The van der Waals surface area contributed by atoms with Crippen LogP contribution in [0.2, 0.25) is 12.6 Å². The molecule has 0 nitrogen and oxygen atoms in total. The fourth-order valence-electron chi connectivity index (χ4n) is 0.134. The maximum absolute atomic E-state index is 5.34. The Morgan fingerprint density at radius 1 is 1.80 bits per heavy atom. The summed E-state index contributed by atoms with van der Waals surface area (Å²) in [5.41, 5.74) is 0. The van der Waals surface area contributed by atoms with Crippen molar-refractivity contribution in [3.05, 3.63) is 0 Å². The Labute approximate surface area is 40.3 Å². The molecule has 0 fully saturated rings. The molecule has 5 heavy (non-hydrogen) atoms. The average Bonchev–Trinajstić information content (AvgIpc) is 1.41. The molecular weight excluding hydrogens is 99.6 g/mol. The van der Waals surface area contributed by atoms with Crippen LogP contribution < -0.4 is 0 Å². The zero-order chi connectivity index (χ0) is 4.12. The quantitative estimate of drug-likeness (QED) is 0.364. The van der Waals surface area contributed by atoms with Crippen LogP contribution in [0, 0.1) is 0 Å². The highest BCUT2D eigenvalue weighted by Crippen LogP contribution is 1.79. The van der Waals surface area contributed by atoms with E-state index in [0.29, 0.717) is 0 Å². The maximum atomic E-state index is 5.34. The third-order valence-corrected chi connectivity index (χ3v) is 2.26. The van der Waals surface area contributed by atoms with Crippen LogP contribution in [0.15, 0.2) is 0 Å². The van der Waals surface area contributed by atoms with Gasteiger partial charge in [0, 0.05) is 15.4 Å². The number of hydrogen-bond acceptors (Lipinski definition) is 0. The molecule has 0 spiro atoms. The lowest BCUT2D eigenvalue weighted by Gasteiger charge is -1.76. The molecule has 0 aromatic carbocycles. The third-order valence-electron chi connectivity index (χ3n) is 0.487. The average molecular weight is 109 g/mol. The second-order valence-corrected chi connectivity index (χ2v) is 3.13. The number of hydrogen-bond donors (Lipinski definition) is 0. The van der Waals surface area contributed by atoms with Gasteiger partial charge in [0.15, 0.2) is 0 Å². The smallest absolute Gasteiger partial charge is 0.0194 e. The van der Waals surface area contributed by atoms with Gasteiger partial charge < -0.3 is 0 Å². The Kier molecular flexibility index (Phi) is 4.96. The monoisotopic (exact) mass is 108 g/mol. The van der Waals surface area contributed by atoms with Crippen molar-refractivity contribution in [2.24, 2.45) is 0 Å². The van der Waals surface area contributed by atoms with Gasteiger partial charge in [-0.15, -0.1) is 11.6 Å². The highest BCUT2D eigenvalue weighted by molar-refractivity contribution is 6.36. The van der Waals surface area contributed by atoms with Gasteiger partial charge in [0.25, 0.3) is 0 Å². The van der Waals surface area contributed by atoms with Crippen molar-refractivity contribution in [1.29, 1.82) is 0 Å². The molecule has 0 saturated heterocycles. The van der Waals surface area contributed by atoms with Gasteiger partial charge in [-0.25, -0.2) is 0 Å². The molecule has 0 heterocycles. The first-order chi connectivity index (χ1) is 2.41. The van der Waals surface area contributed by atoms with E-state index in [1.165, 1.54) is 6.04 Å². The molecule has 0 aliphatic rings. The zero-order valence-corrected chi connectivity index (χ0v) is 5.67. The summed E-state index contributed by atoms with van der Waals surface area (Å²) in [6.45, 7) is 2.27. The summed E-state index contributed by atoms with van der Waals surface area (Å²) in [6.07, 6.45) is 0. The van der Waals surface area contributed by atoms with Crippen molar-refractivity contribution in [3.63, 3.8) is 0 Å². The highest BCUT2D eigenvalue weighted by atomic mass is 35.5. The Morgan fingerprint density at radius 2 is 2.40 bits per heavy atom. The lowest BCUT2D eigenvalue weighted by molar-refractivity contribution is 1.46. The topological polar surface area (TPSA) is 0 Å². The van der Waals surface area contributed by atoms with Gasteiger partial charge in [-0.05, 0) is 6.04 Å². The van der Waals surface area contributed by atoms with Crippen molar-refractivity contribution in [3.8, 4) is 0 Å². The molecule has 0 atom stereocenters. The molecule has 0 saturated carbocycles. The van der Waals surface area contributed by atoms with E-state index in [-0.39, 0.29) is 9.52 Å². The Balaban J connectivity index is 2.19. The first kappa shape index (κ1) is 5.51. The summed E-state index contributed by atoms with van der Waals surface area (Å²) in [5.74, 6) is 0.878. The summed E-state index contributed by atoms with van der Waals surface area (Å²) >= 11 is 5.34. The molecule has 0 amide bonds. The molecular formula is C3H9ClSi. The van der Waals surface area contributed by atoms with Crippen LogP contribution in [0.1, 0.15) is 0 Å². The minimum atomic E-state index is 0.282. The van der Waals surface area contributed by atoms with Crippen molar-refractivity contribution in [2.45, 2.75) is 12.6 Å². The molecule has 0 N–H and O–H groups in total. The molecule has 32 valence electrons. The minimum Gasteiger partial charge on any atom is -0.127 e. The number of rotatable bonds is 2. The van der Waals surface area contributed by atoms with Gasteiger partial charge in [-0.1, -0.05) is 6.55 Å². The second kappa shape index (κ2) is 4.51. The first-order valence-electron chi connectivity index (χ1n) is 1.97. The van der Waals surface area contributed by atoms with Crippen LogP contribution in [0.4, 0.5) is 0 Å². The largest absolute Gasteiger partial charge is 0.127 e. The van der Waals surface area contributed by atoms with Gasteiger partial charge in [0.1, 0.15) is 0 Å². The number of halogens is 1. The van der Waals surface area contributed by atoms with Crippen LogP contribution in [-0.2, 0) is 0 Å². The van der Waals surface area contributed by atoms with E-state index in [1.807, 2.05) is 0 Å². The molecule has 0 bridgehead atoms. The Morgan fingerprint density at radius 3 is 2.40 bits per heavy atom. The Hall–Kier alpha value is 0.507. The van der Waals surface area contributed by atoms with E-state index in [2.05, 4.69) is 6.55 Å². The number of alkyl halides is 1. The minimum absolute atomic E-state index is 0.282. The molecule has 0 unspecified atom stereocenters. The van der Waals surface area contributed by atoms with Crippen molar-refractivity contribution in [1.82, 2.24) is 0 Å². The van der Waals surface area contributed by atoms with Crippen molar-refractivity contribution < 1.29 is 0 Å². The van der Waals surface area contributed by atoms with Crippen molar-refractivity contribution in [2.75, 3.05) is 5.88 Å². The third kappa shape index (κ3) is 4.51. The molecule has 0 aromatic rings. The summed E-state index contributed by atoms with van der Waals surface area (Å²) in [7, 11) is 0.282. The van der Waals surface area contributed by atoms with E-state index in [1.54, 1.807) is 0 Å². The van der Waals surface area contributed by atoms with E-state index in [4.69, 9.17) is 11.6 Å². The van der Waals surface area contributed by atoms with Gasteiger partial charge in [-0.3, -0.25) is 0 Å². The predicted molar refractivity (Wildman–Crippen MR) is 29.9 cm³/mol. The summed E-state index contributed by atoms with van der Waals surface area (Å²) < 4.78 is 0. The summed E-state index contributed by atoms with van der Waals surface area (Å²) in [4.78, 5) is 0. The van der Waals surface area contributed by atoms with Crippen LogP contribution in [-0.4, -0.2) is 15.4 Å². The SMILES string of the molecule is C[SiH2]CCCl. The zero-order valence-electron chi connectivity index (χ0n) is 3.50. The van der Waals surface area contributed by atoms with Gasteiger partial charge in [0.05, 0.1) is 0 Å². The Bertz CT molecular complexity index is 14.4. The van der Waals surface area contributed by atoms with Gasteiger partial charge in [0.2, 0.25) is 0 Å². The fraction of sp³-hybridized carbons (Fsp3) is 1.00. The normalized spacial score (nSPS) is 10.8. The fourth-order valence-corrected chi connectivity index (χ4v) is 1.20. The van der Waals surface area contributed by atoms with Crippen LogP contribution in [0.5, 0.6) is 0 Å². The van der Waals surface area contributed by atoms with Crippen LogP contribution in [0.3, 0.4) is 0 Å². The molecule has 2 heteroatoms. The predicted octanol–water partition coefficient (Wildman–Crippen LogP) is 0.860. The molecule has 0 radical (unpaired) electrons. The van der Waals surface area contributed by atoms with E-state index < -0.39 is 0 Å². The summed E-state index contributed by atoms with van der Waals surface area (Å²) in [6, 6.07) is 1.29. The van der Waals surface area contributed by atoms with E-state index in [9.17, 15) is 0 Å². The molecule has 0 aromatic heterocycles. The standard InChI is InChI=1S/C3H9ClSi/c1-5-3-2-4/h2-3,5H2,1H3. The van der Waals surface area contributed by atoms with Crippen molar-refractivity contribution >= 4 is 21.1 Å². The first-order valence-corrected chi connectivity index (χ1v) is 4.92. The van der Waals surface area contributed by atoms with E-state index in [0.717, 1.165) is 5.88 Å². The van der Waals surface area contributed by atoms with E-state index >= 15 is 0 Å². The molecule has 0 aliphatic carbocycles. The van der Waals surface area contributed by atoms with Crippen LogP contribution in [0.25, 0.3) is 0 Å². The molecule has 0 rings (SSSR count). The van der Waals surface area contributed by atoms with Gasteiger partial charge in [-0.2, -0.15) is 0 Å². The lowest BCUT2D eigenvalue weighted by Crippen LogP contribution is -1.77.